The van der Waals surface area contributed by atoms with Gasteiger partial charge in [0.05, 0.1) is 0 Å². The van der Waals surface area contributed by atoms with Crippen LogP contribution in [0.25, 0.3) is 10.8 Å². The molecule has 4 fully saturated rings. The minimum absolute atomic E-state index is 0.0457. The first-order valence-corrected chi connectivity index (χ1v) is 19.6. The molecule has 264 valence electrons. The molecule has 4 aromatic rings. The van der Waals surface area contributed by atoms with Crippen LogP contribution in [0.1, 0.15) is 111 Å². The van der Waals surface area contributed by atoms with Crippen molar-refractivity contribution in [1.82, 2.24) is 0 Å². The molecule has 0 heterocycles. The first-order valence-electron chi connectivity index (χ1n) is 18.1. The highest BCUT2D eigenvalue weighted by molar-refractivity contribution is 7.86. The molecular weight excluding hydrogens is 617 g/mol. The summed E-state index contributed by atoms with van der Waals surface area (Å²) >= 11 is 0. The van der Waals surface area contributed by atoms with E-state index in [0.717, 1.165) is 17.2 Å². The summed E-state index contributed by atoms with van der Waals surface area (Å²) in [6.07, 6.45) is 9.25. The molecule has 0 aromatic heterocycles. The zero-order valence-electron chi connectivity index (χ0n) is 30.5. The van der Waals surface area contributed by atoms with Crippen LogP contribution in [0.5, 0.6) is 11.5 Å². The van der Waals surface area contributed by atoms with Crippen LogP contribution < -0.4 is 0 Å². The van der Waals surface area contributed by atoms with Crippen LogP contribution in [-0.4, -0.2) is 23.2 Å². The second kappa shape index (κ2) is 19.6. The Bertz CT molecular complexity index is 1510. The van der Waals surface area contributed by atoms with Crippen molar-refractivity contribution in [3.63, 3.8) is 0 Å². The van der Waals surface area contributed by atoms with Crippen LogP contribution in [0.4, 0.5) is 0 Å². The van der Waals surface area contributed by atoms with Crippen LogP contribution in [0, 0.1) is 23.7 Å². The molecule has 48 heavy (non-hydrogen) atoms. The van der Waals surface area contributed by atoms with E-state index in [1.807, 2.05) is 58.0 Å². The number of rotatable bonds is 3. The molecule has 4 saturated carbocycles. The molecule has 5 nitrogen and oxygen atoms in total. The van der Waals surface area contributed by atoms with Gasteiger partial charge in [-0.15, -0.1) is 0 Å². The monoisotopic (exact) mass is 676 g/mol. The molecule has 0 atom stereocenters. The molecule has 6 heteroatoms. The summed E-state index contributed by atoms with van der Waals surface area (Å²) in [5, 5.41) is 20.9. The first-order chi connectivity index (χ1) is 23.1. The lowest BCUT2D eigenvalue weighted by Crippen LogP contribution is -2.56. The zero-order valence-corrected chi connectivity index (χ0v) is 31.3. The van der Waals surface area contributed by atoms with E-state index in [1.165, 1.54) is 62.1 Å². The van der Waals surface area contributed by atoms with E-state index in [2.05, 4.69) is 52.0 Å². The van der Waals surface area contributed by atoms with Crippen molar-refractivity contribution in [3.05, 3.63) is 102 Å². The fourth-order valence-electron chi connectivity index (χ4n) is 7.93. The summed E-state index contributed by atoms with van der Waals surface area (Å²) in [6, 6.07) is 27.7. The maximum atomic E-state index is 11.0. The maximum Gasteiger partial charge on any atom is 0.295 e. The molecule has 0 saturated heterocycles. The topological polar surface area (TPSA) is 94.8 Å². The Hall–Kier alpha value is -3.35. The second-order valence-corrected chi connectivity index (χ2v) is 14.0. The van der Waals surface area contributed by atoms with Crippen molar-refractivity contribution < 1.29 is 23.2 Å². The Kier molecular flexibility index (Phi) is 16.7. The molecule has 4 aliphatic carbocycles. The highest BCUT2D eigenvalue weighted by Gasteiger charge is 2.58. The van der Waals surface area contributed by atoms with E-state index >= 15 is 0 Å². The van der Waals surface area contributed by atoms with Gasteiger partial charge in [-0.25, -0.2) is 0 Å². The molecule has 4 aliphatic rings. The predicted molar refractivity (Wildman–Crippen MR) is 202 cm³/mol. The summed E-state index contributed by atoms with van der Waals surface area (Å²) in [4.78, 5) is -0.0457. The first kappa shape index (κ1) is 40.8. The lowest BCUT2D eigenvalue weighted by Gasteiger charge is -2.62. The van der Waals surface area contributed by atoms with Crippen LogP contribution in [0.15, 0.2) is 95.9 Å². The van der Waals surface area contributed by atoms with Crippen molar-refractivity contribution >= 4 is 20.9 Å². The number of hydrogen-bond donors (Lipinski definition) is 3. The van der Waals surface area contributed by atoms with Crippen molar-refractivity contribution in [1.29, 1.82) is 0 Å². The fraction of sp³-hybridized carbons (Fsp3) is 0.476. The van der Waals surface area contributed by atoms with Gasteiger partial charge in [0.1, 0.15) is 16.4 Å². The highest BCUT2D eigenvalue weighted by atomic mass is 32.2. The van der Waals surface area contributed by atoms with Gasteiger partial charge in [0.25, 0.3) is 10.1 Å². The van der Waals surface area contributed by atoms with Crippen LogP contribution >= 0.6 is 0 Å². The van der Waals surface area contributed by atoms with Gasteiger partial charge in [-0.05, 0) is 103 Å². The smallest absolute Gasteiger partial charge is 0.295 e. The van der Waals surface area contributed by atoms with E-state index in [-0.39, 0.29) is 10.3 Å². The van der Waals surface area contributed by atoms with Gasteiger partial charge in [0.15, 0.2) is 0 Å². The second-order valence-electron chi connectivity index (χ2n) is 12.6. The van der Waals surface area contributed by atoms with E-state index in [4.69, 9.17) is 4.55 Å². The SMILES string of the molecule is CC.CC.CCC.CCC.O=S(=O)(O)c1cccc2ccccc12.Oc1ccc(C2(c3ccc(O)cc3)C3CC4CC(C3)CC2C4)cc1. The molecule has 0 unspecified atom stereocenters. The summed E-state index contributed by atoms with van der Waals surface area (Å²) in [6.45, 7) is 16.5. The predicted octanol–water partition coefficient (Wildman–Crippen LogP) is 11.8. The quantitative estimate of drug-likeness (QED) is 0.188. The number of phenolic OH excluding ortho intramolecular Hbond substituents is 2. The van der Waals surface area contributed by atoms with E-state index in [1.54, 1.807) is 30.3 Å². The number of phenols is 2. The summed E-state index contributed by atoms with van der Waals surface area (Å²) in [7, 11) is -4.13. The summed E-state index contributed by atoms with van der Waals surface area (Å²) in [5.74, 6) is 3.86. The molecule has 8 rings (SSSR count). The summed E-state index contributed by atoms with van der Waals surface area (Å²) in [5.41, 5.74) is 2.74. The number of hydrogen-bond acceptors (Lipinski definition) is 4. The number of aromatic hydroxyl groups is 2. The standard InChI is InChI=1S/C22H24O2.C10H8O3S.2C3H8.2C2H6/c23-20-5-1-16(2-6-20)22(17-3-7-21(24)8-4-17)18-10-14-9-15(12-18)13-19(22)11-14;11-14(12,13)10-7-3-5-8-4-1-2-6-9(8)10;2*1-3-2;2*1-2/h1-8,14-15,18-19,23-24H,9-13H2;1-7H,(H,11,12,13);2*3H2,1-2H3;2*1-2H3. The van der Waals surface area contributed by atoms with Crippen LogP contribution in [-0.2, 0) is 15.5 Å². The van der Waals surface area contributed by atoms with Gasteiger partial charge >= 0.3 is 0 Å². The molecule has 0 amide bonds. The fourth-order valence-corrected chi connectivity index (χ4v) is 8.65. The van der Waals surface area contributed by atoms with Gasteiger partial charge in [0.2, 0.25) is 0 Å². The van der Waals surface area contributed by atoms with Gasteiger partial charge in [-0.1, -0.05) is 129 Å². The van der Waals surface area contributed by atoms with Crippen LogP contribution in [0.3, 0.4) is 0 Å². The van der Waals surface area contributed by atoms with Gasteiger partial charge in [0, 0.05) is 10.8 Å². The number of benzene rings is 4. The molecule has 0 spiro atoms. The molecule has 0 radical (unpaired) electrons. The van der Waals surface area contributed by atoms with Crippen molar-refractivity contribution in [2.45, 2.75) is 111 Å². The Morgan fingerprint density at radius 3 is 1.35 bits per heavy atom. The van der Waals surface area contributed by atoms with E-state index < -0.39 is 10.1 Å². The lowest BCUT2D eigenvalue weighted by molar-refractivity contribution is -0.0418. The molecular formula is C42H60O5S. The largest absolute Gasteiger partial charge is 0.508 e. The van der Waals surface area contributed by atoms with Crippen molar-refractivity contribution in [3.8, 4) is 11.5 Å². The Labute approximate surface area is 291 Å². The van der Waals surface area contributed by atoms with Crippen LogP contribution in [0.2, 0.25) is 0 Å². The number of fused-ring (bicyclic) bond motifs is 1. The molecule has 0 aliphatic heterocycles. The van der Waals surface area contributed by atoms with Gasteiger partial charge < -0.3 is 10.2 Å². The zero-order chi connectivity index (χ0) is 35.9. The van der Waals surface area contributed by atoms with E-state index in [0.29, 0.717) is 28.7 Å². The average molecular weight is 677 g/mol. The minimum atomic E-state index is -4.13. The van der Waals surface area contributed by atoms with Crippen molar-refractivity contribution in [2.75, 3.05) is 0 Å². The average Bonchev–Trinajstić information content (AvgIpc) is 3.08. The third kappa shape index (κ3) is 9.63. The third-order valence-corrected chi connectivity index (χ3v) is 10.1. The van der Waals surface area contributed by atoms with Gasteiger partial charge in [-0.2, -0.15) is 8.42 Å². The molecule has 4 bridgehead atoms. The molecule has 4 aromatic carbocycles. The Morgan fingerprint density at radius 2 is 0.958 bits per heavy atom. The Morgan fingerprint density at radius 1 is 0.583 bits per heavy atom. The summed E-state index contributed by atoms with van der Waals surface area (Å²) < 4.78 is 31.0. The minimum Gasteiger partial charge on any atom is -0.508 e. The maximum absolute atomic E-state index is 11.0. The molecule has 3 N–H and O–H groups in total. The van der Waals surface area contributed by atoms with Gasteiger partial charge in [-0.3, -0.25) is 4.55 Å². The van der Waals surface area contributed by atoms with Crippen molar-refractivity contribution in [2.24, 2.45) is 23.7 Å². The van der Waals surface area contributed by atoms with E-state index in [9.17, 15) is 18.6 Å². The highest BCUT2D eigenvalue weighted by Crippen LogP contribution is 2.65. The normalized spacial score (nSPS) is 20.9. The Balaban J connectivity index is 0.000000284. The third-order valence-electron chi connectivity index (χ3n) is 9.14. The lowest BCUT2D eigenvalue weighted by atomic mass is 9.42.